The fraction of sp³-hybridized carbons (Fsp3) is 0.333. The van der Waals surface area contributed by atoms with Gasteiger partial charge in [0.2, 0.25) is 6.29 Å². The number of nitrogens with two attached hydrogens (primary N) is 1. The number of hydrogen-bond donors (Lipinski definition) is 1. The maximum atomic E-state index is 5.51. The van der Waals surface area contributed by atoms with E-state index in [4.69, 9.17) is 15.2 Å². The zero-order valence-electron chi connectivity index (χ0n) is 6.86. The summed E-state index contributed by atoms with van der Waals surface area (Å²) in [6.45, 7) is 1.97. The van der Waals surface area contributed by atoms with Crippen LogP contribution in [0.3, 0.4) is 0 Å². The maximum absolute atomic E-state index is 5.51. The lowest BCUT2D eigenvalue weighted by molar-refractivity contribution is 0.178. The quantitative estimate of drug-likeness (QED) is 0.532. The summed E-state index contributed by atoms with van der Waals surface area (Å²) < 4.78 is 10.5. The molecule has 3 heteroatoms. The van der Waals surface area contributed by atoms with Crippen LogP contribution in [0.2, 0.25) is 0 Å². The van der Waals surface area contributed by atoms with E-state index >= 15 is 0 Å². The molecule has 0 spiro atoms. The standard InChI is InChI=1S/C9H11NO2/c1-6-9(11-6)12-8-4-2-7(10)3-5-8/h2-6,9H,10H2,1H3/t6-,9?/m0/s1. The minimum atomic E-state index is -0.0615. The van der Waals surface area contributed by atoms with Crippen molar-refractivity contribution >= 4 is 5.69 Å². The van der Waals surface area contributed by atoms with Gasteiger partial charge < -0.3 is 15.2 Å². The van der Waals surface area contributed by atoms with Crippen molar-refractivity contribution in [3.05, 3.63) is 24.3 Å². The Labute approximate surface area is 71.1 Å². The molecular weight excluding hydrogens is 154 g/mol. The zero-order valence-corrected chi connectivity index (χ0v) is 6.86. The molecule has 2 atom stereocenters. The largest absolute Gasteiger partial charge is 0.462 e. The smallest absolute Gasteiger partial charge is 0.226 e. The lowest BCUT2D eigenvalue weighted by Gasteiger charge is -2.01. The average Bonchev–Trinajstić information content (AvgIpc) is 2.72. The summed E-state index contributed by atoms with van der Waals surface area (Å²) in [5.74, 6) is 0.804. The van der Waals surface area contributed by atoms with Gasteiger partial charge in [-0.25, -0.2) is 0 Å². The van der Waals surface area contributed by atoms with E-state index in [1.807, 2.05) is 31.2 Å². The van der Waals surface area contributed by atoms with Crippen molar-refractivity contribution in [2.75, 3.05) is 5.73 Å². The van der Waals surface area contributed by atoms with Gasteiger partial charge in [0.05, 0.1) is 0 Å². The molecule has 1 fully saturated rings. The van der Waals surface area contributed by atoms with Gasteiger partial charge in [0.1, 0.15) is 11.9 Å². The van der Waals surface area contributed by atoms with Crippen LogP contribution < -0.4 is 10.5 Å². The Hall–Kier alpha value is -1.22. The first-order valence-electron chi connectivity index (χ1n) is 3.93. The second-order valence-electron chi connectivity index (χ2n) is 2.90. The van der Waals surface area contributed by atoms with Crippen molar-refractivity contribution in [1.29, 1.82) is 0 Å². The molecule has 1 aromatic rings. The first-order valence-corrected chi connectivity index (χ1v) is 3.93. The van der Waals surface area contributed by atoms with Crippen molar-refractivity contribution in [3.63, 3.8) is 0 Å². The van der Waals surface area contributed by atoms with Gasteiger partial charge in [-0.1, -0.05) is 0 Å². The van der Waals surface area contributed by atoms with Gasteiger partial charge in [-0.3, -0.25) is 0 Å². The number of benzene rings is 1. The first-order chi connectivity index (χ1) is 5.75. The third-order valence-electron chi connectivity index (χ3n) is 1.79. The molecule has 1 heterocycles. The van der Waals surface area contributed by atoms with Crippen molar-refractivity contribution in [1.82, 2.24) is 0 Å². The van der Waals surface area contributed by atoms with Crippen LogP contribution in [-0.4, -0.2) is 12.4 Å². The first kappa shape index (κ1) is 7.43. The highest BCUT2D eigenvalue weighted by Crippen LogP contribution is 2.25. The third-order valence-corrected chi connectivity index (χ3v) is 1.79. The molecule has 1 aromatic carbocycles. The summed E-state index contributed by atoms with van der Waals surface area (Å²) in [4.78, 5) is 0. The van der Waals surface area contributed by atoms with Crippen molar-refractivity contribution < 1.29 is 9.47 Å². The molecule has 12 heavy (non-hydrogen) atoms. The highest BCUT2D eigenvalue weighted by atomic mass is 16.8. The topological polar surface area (TPSA) is 47.8 Å². The molecule has 64 valence electrons. The molecular formula is C9H11NO2. The van der Waals surface area contributed by atoms with Crippen molar-refractivity contribution in [2.45, 2.75) is 19.3 Å². The van der Waals surface area contributed by atoms with Gasteiger partial charge in [-0.05, 0) is 31.2 Å². The lowest BCUT2D eigenvalue weighted by Crippen LogP contribution is -2.00. The summed E-state index contributed by atoms with van der Waals surface area (Å²) in [6.07, 6.45) is 0.163. The minimum absolute atomic E-state index is 0.0615. The number of hydrogen-bond acceptors (Lipinski definition) is 3. The third kappa shape index (κ3) is 1.51. The Kier molecular flexibility index (Phi) is 1.66. The summed E-state index contributed by atoms with van der Waals surface area (Å²) in [6, 6.07) is 7.29. The van der Waals surface area contributed by atoms with Crippen LogP contribution in [-0.2, 0) is 4.74 Å². The fourth-order valence-corrected chi connectivity index (χ4v) is 0.970. The van der Waals surface area contributed by atoms with E-state index in [0.29, 0.717) is 0 Å². The SMILES string of the molecule is C[C@@H]1OC1Oc1ccc(N)cc1. The van der Waals surface area contributed by atoms with Gasteiger partial charge in [0.15, 0.2) is 0 Å². The van der Waals surface area contributed by atoms with Crippen LogP contribution in [0.1, 0.15) is 6.92 Å². The van der Waals surface area contributed by atoms with Crippen molar-refractivity contribution in [3.8, 4) is 5.75 Å². The Morgan fingerprint density at radius 3 is 2.42 bits per heavy atom. The van der Waals surface area contributed by atoms with E-state index in [0.717, 1.165) is 11.4 Å². The molecule has 0 amide bonds. The van der Waals surface area contributed by atoms with E-state index in [9.17, 15) is 0 Å². The van der Waals surface area contributed by atoms with Gasteiger partial charge in [0.25, 0.3) is 0 Å². The van der Waals surface area contributed by atoms with Crippen LogP contribution in [0, 0.1) is 0 Å². The molecule has 3 nitrogen and oxygen atoms in total. The Morgan fingerprint density at radius 1 is 1.33 bits per heavy atom. The van der Waals surface area contributed by atoms with Crippen LogP contribution in [0.25, 0.3) is 0 Å². The summed E-state index contributed by atoms with van der Waals surface area (Å²) in [5.41, 5.74) is 6.26. The van der Waals surface area contributed by atoms with Crippen LogP contribution >= 0.6 is 0 Å². The van der Waals surface area contributed by atoms with Gasteiger partial charge >= 0.3 is 0 Å². The number of nitrogen functional groups attached to an aromatic ring is 1. The molecule has 0 radical (unpaired) electrons. The lowest BCUT2D eigenvalue weighted by atomic mass is 10.3. The molecule has 1 aliphatic heterocycles. The summed E-state index contributed by atoms with van der Waals surface area (Å²) in [7, 11) is 0. The van der Waals surface area contributed by atoms with Crippen molar-refractivity contribution in [2.24, 2.45) is 0 Å². The van der Waals surface area contributed by atoms with E-state index in [2.05, 4.69) is 0 Å². The highest BCUT2D eigenvalue weighted by molar-refractivity contribution is 5.41. The highest BCUT2D eigenvalue weighted by Gasteiger charge is 2.36. The van der Waals surface area contributed by atoms with Gasteiger partial charge in [0, 0.05) is 5.69 Å². The molecule has 2 rings (SSSR count). The molecule has 0 aliphatic carbocycles. The maximum Gasteiger partial charge on any atom is 0.226 e. The predicted octanol–water partition coefficient (Wildman–Crippen LogP) is 1.39. The second kappa shape index (κ2) is 2.68. The molecule has 2 N–H and O–H groups in total. The molecule has 1 aliphatic rings. The number of rotatable bonds is 2. The Morgan fingerprint density at radius 2 is 1.92 bits per heavy atom. The molecule has 0 saturated carbocycles. The van der Waals surface area contributed by atoms with E-state index in [1.165, 1.54) is 0 Å². The fourth-order valence-electron chi connectivity index (χ4n) is 0.970. The average molecular weight is 165 g/mol. The van der Waals surface area contributed by atoms with Crippen LogP contribution in [0.15, 0.2) is 24.3 Å². The van der Waals surface area contributed by atoms with E-state index in [-0.39, 0.29) is 12.4 Å². The van der Waals surface area contributed by atoms with Crippen LogP contribution in [0.4, 0.5) is 5.69 Å². The van der Waals surface area contributed by atoms with Crippen LogP contribution in [0.5, 0.6) is 5.75 Å². The number of epoxide rings is 1. The normalized spacial score (nSPS) is 26.8. The van der Waals surface area contributed by atoms with E-state index in [1.54, 1.807) is 0 Å². The van der Waals surface area contributed by atoms with Gasteiger partial charge in [-0.15, -0.1) is 0 Å². The minimum Gasteiger partial charge on any atom is -0.462 e. The molecule has 0 bridgehead atoms. The second-order valence-corrected chi connectivity index (χ2v) is 2.90. The number of anilines is 1. The van der Waals surface area contributed by atoms with E-state index < -0.39 is 0 Å². The van der Waals surface area contributed by atoms with Gasteiger partial charge in [-0.2, -0.15) is 0 Å². The molecule has 1 unspecified atom stereocenters. The Balaban J connectivity index is 2.00. The zero-order chi connectivity index (χ0) is 8.55. The molecule has 1 saturated heterocycles. The summed E-state index contributed by atoms with van der Waals surface area (Å²) >= 11 is 0. The Bertz CT molecular complexity index is 270. The molecule has 0 aromatic heterocycles. The predicted molar refractivity (Wildman–Crippen MR) is 45.8 cm³/mol. The number of ether oxygens (including phenoxy) is 2. The summed E-state index contributed by atoms with van der Waals surface area (Å²) in [5, 5.41) is 0. The monoisotopic (exact) mass is 165 g/mol.